The first kappa shape index (κ1) is 19.7. The van der Waals surface area contributed by atoms with Crippen molar-refractivity contribution >= 4 is 23.4 Å². The number of benzene rings is 2. The van der Waals surface area contributed by atoms with Gasteiger partial charge in [0.1, 0.15) is 5.75 Å². The minimum Gasteiger partial charge on any atom is -0.484 e. The number of carbonyl (C=O) groups excluding carboxylic acids is 1. The topological polar surface area (TPSA) is 77.2 Å². The van der Waals surface area contributed by atoms with Gasteiger partial charge in [0.15, 0.2) is 24.1 Å². The number of amides is 1. The molecule has 0 fully saturated rings. The molecule has 0 aliphatic heterocycles. The Morgan fingerprint density at radius 3 is 2.79 bits per heavy atom. The molecule has 2 aromatic carbocycles. The summed E-state index contributed by atoms with van der Waals surface area (Å²) in [7, 11) is 0. The van der Waals surface area contributed by atoms with Crippen molar-refractivity contribution in [3.63, 3.8) is 0 Å². The standard InChI is InChI=1S/C18H14F3N3O3S/c1-10-3-2-4-11(7-10)26-8-15-23-24-18(27-15)28-9-14(25)22-13-6-5-12(19)16(20)17(13)21/h2-7H,8-9H2,1H3,(H,22,25). The van der Waals surface area contributed by atoms with Crippen LogP contribution in [-0.2, 0) is 11.4 Å². The molecule has 0 saturated heterocycles. The average Bonchev–Trinajstić information content (AvgIpc) is 3.13. The summed E-state index contributed by atoms with van der Waals surface area (Å²) in [6.07, 6.45) is 0. The molecule has 3 rings (SSSR count). The zero-order chi connectivity index (χ0) is 20.1. The molecule has 3 aromatic rings. The fourth-order valence-corrected chi connectivity index (χ4v) is 2.72. The molecule has 0 radical (unpaired) electrons. The van der Waals surface area contributed by atoms with Crippen molar-refractivity contribution < 1.29 is 27.1 Å². The van der Waals surface area contributed by atoms with Crippen molar-refractivity contribution in [1.82, 2.24) is 10.2 Å². The lowest BCUT2D eigenvalue weighted by Crippen LogP contribution is -2.15. The van der Waals surface area contributed by atoms with Gasteiger partial charge in [-0.25, -0.2) is 13.2 Å². The molecule has 1 aromatic heterocycles. The Morgan fingerprint density at radius 2 is 2.00 bits per heavy atom. The van der Waals surface area contributed by atoms with Crippen LogP contribution in [0.1, 0.15) is 11.5 Å². The molecule has 6 nitrogen and oxygen atoms in total. The predicted molar refractivity (Wildman–Crippen MR) is 95.5 cm³/mol. The molecule has 1 heterocycles. The van der Waals surface area contributed by atoms with Crippen LogP contribution in [0.5, 0.6) is 5.75 Å². The second kappa shape index (κ2) is 8.79. The average molecular weight is 409 g/mol. The number of carbonyl (C=O) groups is 1. The highest BCUT2D eigenvalue weighted by Crippen LogP contribution is 2.21. The molecule has 0 aliphatic rings. The molecular formula is C18H14F3N3O3S. The van der Waals surface area contributed by atoms with Gasteiger partial charge < -0.3 is 14.5 Å². The number of nitrogens with zero attached hydrogens (tertiary/aromatic N) is 2. The molecule has 0 aliphatic carbocycles. The third-order valence-electron chi connectivity index (χ3n) is 3.44. The van der Waals surface area contributed by atoms with Crippen LogP contribution < -0.4 is 10.1 Å². The smallest absolute Gasteiger partial charge is 0.277 e. The SMILES string of the molecule is Cc1cccc(OCc2nnc(SCC(=O)Nc3ccc(F)c(F)c3F)o2)c1. The number of halogens is 3. The van der Waals surface area contributed by atoms with Crippen LogP contribution in [0.25, 0.3) is 0 Å². The van der Waals surface area contributed by atoms with E-state index in [0.717, 1.165) is 29.5 Å². The van der Waals surface area contributed by atoms with Gasteiger partial charge in [-0.2, -0.15) is 0 Å². The summed E-state index contributed by atoms with van der Waals surface area (Å²) in [5, 5.41) is 9.84. The van der Waals surface area contributed by atoms with Crippen LogP contribution in [0.15, 0.2) is 46.0 Å². The van der Waals surface area contributed by atoms with Gasteiger partial charge >= 0.3 is 0 Å². The van der Waals surface area contributed by atoms with Crippen molar-refractivity contribution in [2.24, 2.45) is 0 Å². The monoisotopic (exact) mass is 409 g/mol. The van der Waals surface area contributed by atoms with E-state index in [2.05, 4.69) is 15.5 Å². The van der Waals surface area contributed by atoms with Crippen molar-refractivity contribution in [2.75, 3.05) is 11.1 Å². The van der Waals surface area contributed by atoms with E-state index in [1.165, 1.54) is 0 Å². The number of anilines is 1. The van der Waals surface area contributed by atoms with Crippen LogP contribution in [0, 0.1) is 24.4 Å². The van der Waals surface area contributed by atoms with Crippen molar-refractivity contribution in [3.05, 3.63) is 65.3 Å². The molecule has 0 atom stereocenters. The van der Waals surface area contributed by atoms with Gasteiger partial charge in [0.25, 0.3) is 11.1 Å². The van der Waals surface area contributed by atoms with E-state index < -0.39 is 29.0 Å². The molecule has 28 heavy (non-hydrogen) atoms. The quantitative estimate of drug-likeness (QED) is 0.468. The molecule has 0 spiro atoms. The lowest BCUT2D eigenvalue weighted by molar-refractivity contribution is -0.113. The number of aromatic nitrogens is 2. The molecule has 0 bridgehead atoms. The van der Waals surface area contributed by atoms with E-state index in [1.54, 1.807) is 6.07 Å². The number of thioether (sulfide) groups is 1. The third-order valence-corrected chi connectivity index (χ3v) is 4.25. The Balaban J connectivity index is 1.50. The van der Waals surface area contributed by atoms with Crippen LogP contribution in [-0.4, -0.2) is 21.9 Å². The van der Waals surface area contributed by atoms with Gasteiger partial charge in [0.2, 0.25) is 5.91 Å². The summed E-state index contributed by atoms with van der Waals surface area (Å²) >= 11 is 0.908. The number of nitrogens with one attached hydrogen (secondary N) is 1. The molecule has 1 N–H and O–H groups in total. The van der Waals surface area contributed by atoms with Crippen LogP contribution in [0.4, 0.5) is 18.9 Å². The van der Waals surface area contributed by atoms with E-state index in [1.807, 2.05) is 25.1 Å². The normalized spacial score (nSPS) is 10.7. The van der Waals surface area contributed by atoms with Crippen LogP contribution in [0.3, 0.4) is 0 Å². The fraction of sp³-hybridized carbons (Fsp3) is 0.167. The van der Waals surface area contributed by atoms with Crippen molar-refractivity contribution in [1.29, 1.82) is 0 Å². The highest BCUT2D eigenvalue weighted by molar-refractivity contribution is 7.99. The molecule has 146 valence electrons. The highest BCUT2D eigenvalue weighted by atomic mass is 32.2. The Morgan fingerprint density at radius 1 is 1.18 bits per heavy atom. The number of aryl methyl sites for hydroxylation is 1. The van der Waals surface area contributed by atoms with E-state index in [9.17, 15) is 18.0 Å². The lowest BCUT2D eigenvalue weighted by atomic mass is 10.2. The van der Waals surface area contributed by atoms with Gasteiger partial charge in [0, 0.05) is 0 Å². The number of rotatable bonds is 7. The van der Waals surface area contributed by atoms with Crippen LogP contribution in [0.2, 0.25) is 0 Å². The van der Waals surface area contributed by atoms with Gasteiger partial charge in [0.05, 0.1) is 11.4 Å². The number of hydrogen-bond acceptors (Lipinski definition) is 6. The van der Waals surface area contributed by atoms with E-state index >= 15 is 0 Å². The molecule has 0 unspecified atom stereocenters. The zero-order valence-electron chi connectivity index (χ0n) is 14.5. The first-order chi connectivity index (χ1) is 13.4. The lowest BCUT2D eigenvalue weighted by Gasteiger charge is -2.06. The maximum Gasteiger partial charge on any atom is 0.277 e. The fourth-order valence-electron chi connectivity index (χ4n) is 2.14. The first-order valence-corrected chi connectivity index (χ1v) is 8.99. The summed E-state index contributed by atoms with van der Waals surface area (Å²) in [5.74, 6) is -4.43. The maximum atomic E-state index is 13.5. The summed E-state index contributed by atoms with van der Waals surface area (Å²) < 4.78 is 50.5. The summed E-state index contributed by atoms with van der Waals surface area (Å²) in [6, 6.07) is 9.09. The Kier molecular flexibility index (Phi) is 6.19. The van der Waals surface area contributed by atoms with Gasteiger partial charge in [-0.15, -0.1) is 10.2 Å². The van der Waals surface area contributed by atoms with Crippen LogP contribution >= 0.6 is 11.8 Å². The summed E-state index contributed by atoms with van der Waals surface area (Å²) in [4.78, 5) is 11.9. The largest absolute Gasteiger partial charge is 0.484 e. The Labute approximate surface area is 162 Å². The van der Waals surface area contributed by atoms with E-state index in [-0.39, 0.29) is 23.5 Å². The Hall–Kier alpha value is -3.01. The van der Waals surface area contributed by atoms with Gasteiger partial charge in [-0.1, -0.05) is 23.9 Å². The van der Waals surface area contributed by atoms with Crippen molar-refractivity contribution in [2.45, 2.75) is 18.8 Å². The summed E-state index contributed by atoms with van der Waals surface area (Å²) in [5.41, 5.74) is 0.588. The highest BCUT2D eigenvalue weighted by Gasteiger charge is 2.16. The number of ether oxygens (including phenoxy) is 1. The molecule has 1 amide bonds. The van der Waals surface area contributed by atoms with Crippen molar-refractivity contribution in [3.8, 4) is 5.75 Å². The number of hydrogen-bond donors (Lipinski definition) is 1. The van der Waals surface area contributed by atoms with Gasteiger partial charge in [-0.3, -0.25) is 4.79 Å². The van der Waals surface area contributed by atoms with Gasteiger partial charge in [-0.05, 0) is 36.8 Å². The molecule has 10 heteroatoms. The Bertz CT molecular complexity index is 997. The third kappa shape index (κ3) is 5.03. The minimum atomic E-state index is -1.65. The predicted octanol–water partition coefficient (Wildman–Crippen LogP) is 4.11. The second-order valence-electron chi connectivity index (χ2n) is 5.63. The molecule has 0 saturated carbocycles. The van der Waals surface area contributed by atoms with E-state index in [0.29, 0.717) is 5.75 Å². The summed E-state index contributed by atoms with van der Waals surface area (Å²) in [6.45, 7) is 1.99. The first-order valence-electron chi connectivity index (χ1n) is 8.00. The minimum absolute atomic E-state index is 0.0588. The van der Waals surface area contributed by atoms with E-state index in [4.69, 9.17) is 9.15 Å². The molecular weight excluding hydrogens is 395 g/mol. The maximum absolute atomic E-state index is 13.5. The zero-order valence-corrected chi connectivity index (χ0v) is 15.4. The second-order valence-corrected chi connectivity index (χ2v) is 6.55.